The Morgan fingerprint density at radius 3 is 2.71 bits per heavy atom. The Hall–Kier alpha value is -3.07. The molecule has 1 aliphatic heterocycles. The molecule has 0 saturated heterocycles. The molecule has 1 aliphatic rings. The van der Waals surface area contributed by atoms with Crippen LogP contribution in [0, 0.1) is 11.7 Å². The van der Waals surface area contributed by atoms with Crippen molar-refractivity contribution in [2.75, 3.05) is 12.1 Å². The van der Waals surface area contributed by atoms with E-state index in [1.807, 2.05) is 4.57 Å². The lowest BCUT2D eigenvalue weighted by Gasteiger charge is -2.15. The van der Waals surface area contributed by atoms with Gasteiger partial charge in [0.15, 0.2) is 22.5 Å². The van der Waals surface area contributed by atoms with Crippen LogP contribution in [0.2, 0.25) is 0 Å². The van der Waals surface area contributed by atoms with Crippen molar-refractivity contribution >= 4 is 23.4 Å². The van der Waals surface area contributed by atoms with Crippen molar-refractivity contribution < 1.29 is 18.7 Å². The van der Waals surface area contributed by atoms with E-state index in [2.05, 4.69) is 29.4 Å². The second-order valence-electron chi connectivity index (χ2n) is 7.61. The van der Waals surface area contributed by atoms with E-state index >= 15 is 0 Å². The molecule has 2 heterocycles. The van der Waals surface area contributed by atoms with Gasteiger partial charge >= 0.3 is 0 Å². The highest BCUT2D eigenvalue weighted by atomic mass is 32.2. The number of carbonyl (C=O) groups excluding carboxylic acids is 1. The molecule has 0 unspecified atom stereocenters. The van der Waals surface area contributed by atoms with E-state index in [4.69, 9.17) is 9.47 Å². The number of amides is 1. The van der Waals surface area contributed by atoms with Gasteiger partial charge in [0.2, 0.25) is 12.7 Å². The lowest BCUT2D eigenvalue weighted by molar-refractivity contribution is -0.115. The quantitative estimate of drug-likeness (QED) is 0.540. The Morgan fingerprint density at radius 1 is 1.16 bits per heavy atom. The molecule has 0 radical (unpaired) electrons. The first-order chi connectivity index (χ1) is 14.9. The van der Waals surface area contributed by atoms with Gasteiger partial charge in [-0.3, -0.25) is 4.79 Å². The summed E-state index contributed by atoms with van der Waals surface area (Å²) in [7, 11) is 0. The first-order valence-electron chi connectivity index (χ1n) is 9.97. The molecule has 4 rings (SSSR count). The lowest BCUT2D eigenvalue weighted by Crippen LogP contribution is -2.23. The normalized spacial score (nSPS) is 13.5. The van der Waals surface area contributed by atoms with Crippen LogP contribution in [0.15, 0.2) is 47.6 Å². The number of fused-ring (bicyclic) bond motifs is 1. The van der Waals surface area contributed by atoms with E-state index in [9.17, 15) is 9.18 Å². The minimum Gasteiger partial charge on any atom is -0.454 e. The molecule has 1 atom stereocenters. The first kappa shape index (κ1) is 21.2. The Morgan fingerprint density at radius 2 is 1.94 bits per heavy atom. The molecule has 0 fully saturated rings. The van der Waals surface area contributed by atoms with Crippen LogP contribution < -0.4 is 14.8 Å². The number of thioether (sulfide) groups is 1. The minimum atomic E-state index is -0.450. The fourth-order valence-corrected chi connectivity index (χ4v) is 4.04. The van der Waals surface area contributed by atoms with Crippen molar-refractivity contribution in [3.8, 4) is 22.9 Å². The van der Waals surface area contributed by atoms with Gasteiger partial charge in [0.05, 0.1) is 10.8 Å². The summed E-state index contributed by atoms with van der Waals surface area (Å²) in [5.74, 6) is 1.46. The zero-order chi connectivity index (χ0) is 22.0. The summed E-state index contributed by atoms with van der Waals surface area (Å²) >= 11 is 1.29. The summed E-state index contributed by atoms with van der Waals surface area (Å²) in [5.41, 5.74) is 1.01. The van der Waals surface area contributed by atoms with E-state index in [1.54, 1.807) is 43.3 Å². The van der Waals surface area contributed by atoms with E-state index < -0.39 is 5.25 Å². The van der Waals surface area contributed by atoms with Crippen LogP contribution in [0.5, 0.6) is 11.5 Å². The van der Waals surface area contributed by atoms with Crippen molar-refractivity contribution in [2.45, 2.75) is 37.7 Å². The summed E-state index contributed by atoms with van der Waals surface area (Å²) in [6, 6.07) is 11.7. The van der Waals surface area contributed by atoms with Gasteiger partial charge in [-0.1, -0.05) is 37.7 Å². The van der Waals surface area contributed by atoms with Gasteiger partial charge < -0.3 is 19.4 Å². The minimum absolute atomic E-state index is 0.175. The van der Waals surface area contributed by atoms with Gasteiger partial charge in [0.25, 0.3) is 0 Å². The number of nitrogens with zero attached hydrogens (tertiary/aromatic N) is 3. The van der Waals surface area contributed by atoms with Gasteiger partial charge in [-0.2, -0.15) is 0 Å². The van der Waals surface area contributed by atoms with Crippen molar-refractivity contribution in [3.05, 3.63) is 48.3 Å². The molecule has 0 aliphatic carbocycles. The van der Waals surface area contributed by atoms with E-state index in [1.165, 1.54) is 17.8 Å². The molecular formula is C22H23FN4O3S. The molecule has 1 N–H and O–H groups in total. The van der Waals surface area contributed by atoms with Crippen molar-refractivity contribution in [3.63, 3.8) is 0 Å². The maximum absolute atomic E-state index is 14.4. The molecule has 162 valence electrons. The fraction of sp³-hybridized carbons (Fsp3) is 0.318. The molecule has 2 aromatic carbocycles. The van der Waals surface area contributed by atoms with Crippen LogP contribution in [-0.4, -0.2) is 32.7 Å². The standard InChI is InChI=1S/C22H23FN4O3S/c1-13(2)11-27-20(16-6-4-5-7-17(16)23)25-26-22(27)31-14(3)21(28)24-15-8-9-18-19(10-15)30-12-29-18/h4-10,13-14H,11-12H2,1-3H3,(H,24,28)/t14-/m1/s1. The van der Waals surface area contributed by atoms with Crippen LogP contribution in [0.4, 0.5) is 10.1 Å². The van der Waals surface area contributed by atoms with Crippen LogP contribution in [-0.2, 0) is 11.3 Å². The summed E-state index contributed by atoms with van der Waals surface area (Å²) in [5, 5.41) is 11.5. The number of hydrogen-bond acceptors (Lipinski definition) is 6. The highest BCUT2D eigenvalue weighted by Crippen LogP contribution is 2.35. The number of carbonyl (C=O) groups is 1. The van der Waals surface area contributed by atoms with Crippen molar-refractivity contribution in [1.82, 2.24) is 14.8 Å². The number of anilines is 1. The first-order valence-corrected chi connectivity index (χ1v) is 10.9. The molecule has 9 heteroatoms. The third kappa shape index (κ3) is 4.66. The van der Waals surface area contributed by atoms with E-state index in [-0.39, 0.29) is 18.5 Å². The number of halogens is 1. The number of ether oxygens (including phenoxy) is 2. The monoisotopic (exact) mass is 442 g/mol. The van der Waals surface area contributed by atoms with Crippen LogP contribution in [0.1, 0.15) is 20.8 Å². The number of hydrogen-bond donors (Lipinski definition) is 1. The molecule has 0 bridgehead atoms. The van der Waals surface area contributed by atoms with Crippen LogP contribution >= 0.6 is 11.8 Å². The SMILES string of the molecule is CC(C)Cn1c(S[C@H](C)C(=O)Nc2ccc3c(c2)OCO3)nnc1-c1ccccc1F. The van der Waals surface area contributed by atoms with Crippen molar-refractivity contribution in [2.24, 2.45) is 5.92 Å². The molecule has 0 saturated carbocycles. The summed E-state index contributed by atoms with van der Waals surface area (Å²) in [6.45, 7) is 6.71. The van der Waals surface area contributed by atoms with Gasteiger partial charge in [-0.15, -0.1) is 10.2 Å². The smallest absolute Gasteiger partial charge is 0.237 e. The van der Waals surface area contributed by atoms with Gasteiger partial charge in [-0.05, 0) is 37.1 Å². The summed E-state index contributed by atoms with van der Waals surface area (Å²) < 4.78 is 26.9. The predicted octanol–water partition coefficient (Wildman–Crippen LogP) is 4.59. The fourth-order valence-electron chi connectivity index (χ4n) is 3.18. The zero-order valence-electron chi connectivity index (χ0n) is 17.5. The summed E-state index contributed by atoms with van der Waals surface area (Å²) in [4.78, 5) is 12.8. The van der Waals surface area contributed by atoms with E-state index in [0.29, 0.717) is 46.2 Å². The maximum atomic E-state index is 14.4. The largest absolute Gasteiger partial charge is 0.454 e. The highest BCUT2D eigenvalue weighted by Gasteiger charge is 2.23. The zero-order valence-corrected chi connectivity index (χ0v) is 18.3. The number of nitrogens with one attached hydrogen (secondary N) is 1. The third-order valence-corrected chi connectivity index (χ3v) is 5.75. The lowest BCUT2D eigenvalue weighted by atomic mass is 10.2. The number of aromatic nitrogens is 3. The Labute approximate surface area is 184 Å². The average molecular weight is 443 g/mol. The van der Waals surface area contributed by atoms with Gasteiger partial charge in [0.1, 0.15) is 5.82 Å². The Bertz CT molecular complexity index is 1100. The number of rotatable bonds is 7. The molecule has 7 nitrogen and oxygen atoms in total. The molecule has 1 aromatic heterocycles. The topological polar surface area (TPSA) is 78.3 Å². The number of benzene rings is 2. The molecule has 3 aromatic rings. The second-order valence-corrected chi connectivity index (χ2v) is 8.92. The highest BCUT2D eigenvalue weighted by molar-refractivity contribution is 8.00. The van der Waals surface area contributed by atoms with E-state index in [0.717, 1.165) is 0 Å². The van der Waals surface area contributed by atoms with Crippen LogP contribution in [0.3, 0.4) is 0 Å². The molecular weight excluding hydrogens is 419 g/mol. The average Bonchev–Trinajstić information content (AvgIpc) is 3.35. The van der Waals surface area contributed by atoms with Crippen LogP contribution in [0.25, 0.3) is 11.4 Å². The molecule has 0 spiro atoms. The summed E-state index contributed by atoms with van der Waals surface area (Å²) in [6.07, 6.45) is 0. The van der Waals surface area contributed by atoms with Crippen molar-refractivity contribution in [1.29, 1.82) is 0 Å². The Kier molecular flexibility index (Phi) is 6.13. The maximum Gasteiger partial charge on any atom is 0.237 e. The second kappa shape index (κ2) is 8.97. The molecule has 1 amide bonds. The molecule has 31 heavy (non-hydrogen) atoms. The van der Waals surface area contributed by atoms with Gasteiger partial charge in [-0.25, -0.2) is 4.39 Å². The van der Waals surface area contributed by atoms with Gasteiger partial charge in [0, 0.05) is 18.3 Å². The Balaban J connectivity index is 1.52. The predicted molar refractivity (Wildman–Crippen MR) is 117 cm³/mol. The third-order valence-electron chi connectivity index (χ3n) is 4.67.